The molecule has 25 heavy (non-hydrogen) atoms. The fraction of sp³-hybridized carbons (Fsp3) is 0.778. The Kier molecular flexibility index (Phi) is 7.52. The summed E-state index contributed by atoms with van der Waals surface area (Å²) in [7, 11) is 1.85. The molecule has 142 valence electrons. The Balaban J connectivity index is 0.00000225. The number of thiazole rings is 1. The predicted octanol–water partition coefficient (Wildman–Crippen LogP) is 3.78. The Morgan fingerprint density at radius 1 is 1.36 bits per heavy atom. The number of nitrogens with zero attached hydrogens (tertiary/aromatic N) is 2. The first-order valence-electron chi connectivity index (χ1n) is 9.10. The molecule has 1 spiro atoms. The number of hydrogen-bond donors (Lipinski definition) is 2. The lowest BCUT2D eigenvalue weighted by atomic mass is 9.60. The van der Waals surface area contributed by atoms with Gasteiger partial charge < -0.3 is 15.4 Å². The molecule has 2 aliphatic rings. The van der Waals surface area contributed by atoms with E-state index in [1.165, 1.54) is 30.6 Å². The van der Waals surface area contributed by atoms with Gasteiger partial charge in [0, 0.05) is 30.0 Å². The topological polar surface area (TPSA) is 58.5 Å². The van der Waals surface area contributed by atoms with Crippen LogP contribution >= 0.6 is 35.3 Å². The van der Waals surface area contributed by atoms with Crippen molar-refractivity contribution in [1.29, 1.82) is 0 Å². The van der Waals surface area contributed by atoms with Crippen LogP contribution in [0.2, 0.25) is 0 Å². The van der Waals surface area contributed by atoms with Crippen LogP contribution in [-0.4, -0.2) is 36.7 Å². The van der Waals surface area contributed by atoms with E-state index >= 15 is 0 Å². The van der Waals surface area contributed by atoms with Crippen LogP contribution in [0.3, 0.4) is 0 Å². The van der Waals surface area contributed by atoms with E-state index in [-0.39, 0.29) is 24.0 Å². The Bertz CT molecular complexity index is 598. The van der Waals surface area contributed by atoms with E-state index < -0.39 is 0 Å². The van der Waals surface area contributed by atoms with Crippen molar-refractivity contribution >= 4 is 41.3 Å². The summed E-state index contributed by atoms with van der Waals surface area (Å²) in [4.78, 5) is 10.2. The predicted molar refractivity (Wildman–Crippen MR) is 115 cm³/mol. The monoisotopic (exact) mass is 478 g/mol. The molecule has 0 amide bonds. The average molecular weight is 478 g/mol. The van der Waals surface area contributed by atoms with E-state index in [0.717, 1.165) is 36.2 Å². The lowest BCUT2D eigenvalue weighted by Crippen LogP contribution is -2.65. The molecule has 2 unspecified atom stereocenters. The molecular weight excluding hydrogens is 447 g/mol. The van der Waals surface area contributed by atoms with Crippen LogP contribution in [0.4, 0.5) is 0 Å². The maximum Gasteiger partial charge on any atom is 0.191 e. The number of aliphatic imine (C=N–C) groups is 1. The second-order valence-electron chi connectivity index (χ2n) is 6.98. The molecule has 2 aliphatic carbocycles. The van der Waals surface area contributed by atoms with Gasteiger partial charge in [0.25, 0.3) is 0 Å². The second kappa shape index (κ2) is 8.99. The van der Waals surface area contributed by atoms with Crippen LogP contribution in [0.15, 0.2) is 4.99 Å². The summed E-state index contributed by atoms with van der Waals surface area (Å²) in [5.41, 5.74) is 1.44. The van der Waals surface area contributed by atoms with Crippen molar-refractivity contribution in [3.05, 3.63) is 15.6 Å². The lowest BCUT2D eigenvalue weighted by molar-refractivity contribution is -0.125. The van der Waals surface area contributed by atoms with Crippen molar-refractivity contribution in [3.63, 3.8) is 0 Å². The molecule has 2 fully saturated rings. The number of rotatable bonds is 5. The van der Waals surface area contributed by atoms with Crippen molar-refractivity contribution in [3.8, 4) is 0 Å². The molecule has 1 aromatic heterocycles. The summed E-state index contributed by atoms with van der Waals surface area (Å²) in [6, 6.07) is 0.479. The smallest absolute Gasteiger partial charge is 0.191 e. The van der Waals surface area contributed by atoms with Crippen molar-refractivity contribution < 1.29 is 4.74 Å². The van der Waals surface area contributed by atoms with E-state index in [0.29, 0.717) is 17.6 Å². The summed E-state index contributed by atoms with van der Waals surface area (Å²) >= 11 is 1.75. The normalized spacial score (nSPS) is 24.7. The largest absolute Gasteiger partial charge is 0.378 e. The SMILES string of the molecule is CCOC1CC(NC(=NC)NCc2sc(C)nc2C)C12CCCC2.I. The molecule has 0 radical (unpaired) electrons. The molecule has 7 heteroatoms. The zero-order chi connectivity index (χ0) is 17.2. The van der Waals surface area contributed by atoms with Crippen LogP contribution < -0.4 is 10.6 Å². The summed E-state index contributed by atoms with van der Waals surface area (Å²) in [5.74, 6) is 0.895. The van der Waals surface area contributed by atoms with Gasteiger partial charge >= 0.3 is 0 Å². The first-order valence-corrected chi connectivity index (χ1v) is 9.92. The zero-order valence-electron chi connectivity index (χ0n) is 15.7. The molecule has 5 nitrogen and oxygen atoms in total. The van der Waals surface area contributed by atoms with Gasteiger partial charge in [0.1, 0.15) is 0 Å². The van der Waals surface area contributed by atoms with Crippen LogP contribution in [0.5, 0.6) is 0 Å². The van der Waals surface area contributed by atoms with Gasteiger partial charge in [0.05, 0.1) is 23.4 Å². The summed E-state index contributed by atoms with van der Waals surface area (Å²) < 4.78 is 6.00. The fourth-order valence-corrected chi connectivity index (χ4v) is 5.23. The lowest BCUT2D eigenvalue weighted by Gasteiger charge is -2.54. The maximum atomic E-state index is 6.00. The van der Waals surface area contributed by atoms with Crippen molar-refractivity contribution in [2.75, 3.05) is 13.7 Å². The Morgan fingerprint density at radius 2 is 2.08 bits per heavy atom. The van der Waals surface area contributed by atoms with Crippen molar-refractivity contribution in [1.82, 2.24) is 15.6 Å². The molecule has 2 saturated carbocycles. The van der Waals surface area contributed by atoms with Crippen LogP contribution in [0.25, 0.3) is 0 Å². The number of halogens is 1. The first-order chi connectivity index (χ1) is 11.6. The molecule has 2 atom stereocenters. The first kappa shape index (κ1) is 20.9. The highest BCUT2D eigenvalue weighted by Crippen LogP contribution is 2.54. The van der Waals surface area contributed by atoms with Gasteiger partial charge in [0.15, 0.2) is 5.96 Å². The molecule has 1 aromatic rings. The molecular formula is C18H31IN4OS. The molecule has 0 bridgehead atoms. The van der Waals surface area contributed by atoms with E-state index in [2.05, 4.69) is 41.4 Å². The summed E-state index contributed by atoms with van der Waals surface area (Å²) in [6.07, 6.45) is 6.72. The molecule has 1 heterocycles. The van der Waals surface area contributed by atoms with Crippen molar-refractivity contribution in [2.24, 2.45) is 10.4 Å². The Labute approximate surface area is 172 Å². The van der Waals surface area contributed by atoms with Crippen molar-refractivity contribution in [2.45, 2.75) is 71.6 Å². The molecule has 0 saturated heterocycles. The average Bonchev–Trinajstić information content (AvgIpc) is 3.18. The molecule has 3 rings (SSSR count). The number of ether oxygens (including phenoxy) is 1. The summed E-state index contributed by atoms with van der Waals surface area (Å²) in [5, 5.41) is 8.25. The third kappa shape index (κ3) is 4.30. The van der Waals surface area contributed by atoms with Crippen LogP contribution in [0, 0.1) is 19.3 Å². The van der Waals surface area contributed by atoms with Gasteiger partial charge in [-0.05, 0) is 40.0 Å². The van der Waals surface area contributed by atoms with E-state index in [9.17, 15) is 0 Å². The quantitative estimate of drug-likeness (QED) is 0.384. The van der Waals surface area contributed by atoms with Crippen LogP contribution in [0.1, 0.15) is 54.6 Å². The Morgan fingerprint density at radius 3 is 2.64 bits per heavy atom. The highest BCUT2D eigenvalue weighted by molar-refractivity contribution is 14.0. The third-order valence-corrected chi connectivity index (χ3v) is 6.71. The molecule has 0 aromatic carbocycles. The van der Waals surface area contributed by atoms with Crippen LogP contribution in [-0.2, 0) is 11.3 Å². The fourth-order valence-electron chi connectivity index (χ4n) is 4.35. The second-order valence-corrected chi connectivity index (χ2v) is 8.27. The van der Waals surface area contributed by atoms with Gasteiger partial charge in [-0.1, -0.05) is 12.8 Å². The van der Waals surface area contributed by atoms with Gasteiger partial charge in [-0.3, -0.25) is 4.99 Å². The third-order valence-electron chi connectivity index (χ3n) is 5.64. The minimum Gasteiger partial charge on any atom is -0.378 e. The van der Waals surface area contributed by atoms with E-state index in [4.69, 9.17) is 4.74 Å². The highest BCUT2D eigenvalue weighted by Gasteiger charge is 2.56. The van der Waals surface area contributed by atoms with Gasteiger partial charge in [0.2, 0.25) is 0 Å². The van der Waals surface area contributed by atoms with Gasteiger partial charge in [-0.15, -0.1) is 35.3 Å². The highest BCUT2D eigenvalue weighted by atomic mass is 127. The zero-order valence-corrected chi connectivity index (χ0v) is 18.9. The van der Waals surface area contributed by atoms with E-state index in [1.807, 2.05) is 7.05 Å². The maximum absolute atomic E-state index is 6.00. The molecule has 2 N–H and O–H groups in total. The number of guanidine groups is 1. The standard InChI is InChI=1S/C18H30N4OS.HI/c1-5-23-16-10-15(18(16)8-6-7-9-18)22-17(19-4)20-11-14-12(2)21-13(3)24-14;/h15-16H,5-11H2,1-4H3,(H2,19,20,22);1H. The van der Waals surface area contributed by atoms with Gasteiger partial charge in [-0.25, -0.2) is 4.98 Å². The number of hydrogen-bond acceptors (Lipinski definition) is 4. The Hall–Kier alpha value is -0.410. The van der Waals surface area contributed by atoms with Gasteiger partial charge in [-0.2, -0.15) is 0 Å². The molecule has 0 aliphatic heterocycles. The summed E-state index contributed by atoms with van der Waals surface area (Å²) in [6.45, 7) is 7.83. The number of aryl methyl sites for hydroxylation is 2. The minimum absolute atomic E-state index is 0. The minimum atomic E-state index is 0. The van der Waals surface area contributed by atoms with E-state index in [1.54, 1.807) is 11.3 Å². The number of aromatic nitrogens is 1. The number of nitrogens with one attached hydrogen (secondary N) is 2.